The first kappa shape index (κ1) is 15.8. The summed E-state index contributed by atoms with van der Waals surface area (Å²) in [6, 6.07) is 2.06. The Balaban J connectivity index is 2.49. The van der Waals surface area contributed by atoms with Gasteiger partial charge in [0.15, 0.2) is 28.8 Å². The second-order valence-electron chi connectivity index (χ2n) is 5.26. The molecular formula is C16H14O8. The number of carbonyl (C=O) groups excluding carboxylic acids is 1. The van der Waals surface area contributed by atoms with E-state index in [1.165, 1.54) is 14.0 Å². The second kappa shape index (κ2) is 5.20. The lowest BCUT2D eigenvalue weighted by molar-refractivity contribution is -0.0249. The number of aliphatic hydroxyl groups is 1. The minimum absolute atomic E-state index is 0.00873. The number of ketones is 1. The van der Waals surface area contributed by atoms with Crippen LogP contribution in [-0.2, 0) is 0 Å². The van der Waals surface area contributed by atoms with Gasteiger partial charge in [-0.05, 0) is 13.0 Å². The summed E-state index contributed by atoms with van der Waals surface area (Å²) in [4.78, 5) is 11.7. The van der Waals surface area contributed by atoms with E-state index in [1.54, 1.807) is 0 Å². The van der Waals surface area contributed by atoms with Crippen molar-refractivity contribution in [2.75, 3.05) is 7.11 Å². The first-order valence-corrected chi connectivity index (χ1v) is 6.85. The summed E-state index contributed by atoms with van der Waals surface area (Å²) in [7, 11) is 1.28. The van der Waals surface area contributed by atoms with Gasteiger partial charge < -0.3 is 35.0 Å². The maximum atomic E-state index is 11.7. The van der Waals surface area contributed by atoms with Crippen molar-refractivity contribution in [3.05, 3.63) is 23.3 Å². The van der Waals surface area contributed by atoms with Crippen molar-refractivity contribution in [3.8, 4) is 45.6 Å². The number of carbonyl (C=O) groups is 1. The zero-order chi connectivity index (χ0) is 17.8. The van der Waals surface area contributed by atoms with Gasteiger partial charge in [-0.1, -0.05) is 0 Å². The largest absolute Gasteiger partial charge is 0.506 e. The van der Waals surface area contributed by atoms with Crippen LogP contribution in [0, 0.1) is 0 Å². The van der Waals surface area contributed by atoms with Crippen LogP contribution < -0.4 is 9.47 Å². The van der Waals surface area contributed by atoms with Gasteiger partial charge in [-0.3, -0.25) is 4.79 Å². The summed E-state index contributed by atoms with van der Waals surface area (Å²) in [5.74, 6) is -3.19. The summed E-state index contributed by atoms with van der Waals surface area (Å²) in [6.07, 6.45) is -1.64. The summed E-state index contributed by atoms with van der Waals surface area (Å²) < 4.78 is 10.3. The highest BCUT2D eigenvalue weighted by Crippen LogP contribution is 2.58. The van der Waals surface area contributed by atoms with E-state index in [-0.39, 0.29) is 33.8 Å². The van der Waals surface area contributed by atoms with Gasteiger partial charge in [-0.25, -0.2) is 0 Å². The Morgan fingerprint density at radius 3 is 2.33 bits per heavy atom. The Morgan fingerprint density at radius 1 is 1.08 bits per heavy atom. The molecule has 0 aromatic heterocycles. The fourth-order valence-electron chi connectivity index (χ4n) is 2.75. The van der Waals surface area contributed by atoms with Crippen molar-refractivity contribution in [2.24, 2.45) is 0 Å². The Labute approximate surface area is 135 Å². The van der Waals surface area contributed by atoms with E-state index in [2.05, 4.69) is 0 Å². The molecule has 1 atom stereocenters. The monoisotopic (exact) mass is 334 g/mol. The van der Waals surface area contributed by atoms with Crippen molar-refractivity contribution in [1.82, 2.24) is 0 Å². The van der Waals surface area contributed by atoms with E-state index in [0.717, 1.165) is 12.1 Å². The smallest absolute Gasteiger partial charge is 0.228 e. The predicted molar refractivity (Wildman–Crippen MR) is 80.7 cm³/mol. The van der Waals surface area contributed by atoms with Crippen LogP contribution in [-0.4, -0.2) is 38.4 Å². The molecule has 0 aliphatic carbocycles. The fourth-order valence-corrected chi connectivity index (χ4v) is 2.75. The van der Waals surface area contributed by atoms with Crippen LogP contribution in [0.4, 0.5) is 0 Å². The van der Waals surface area contributed by atoms with Gasteiger partial charge in [0.2, 0.25) is 6.29 Å². The molecule has 2 aromatic rings. The molecule has 8 nitrogen and oxygen atoms in total. The quantitative estimate of drug-likeness (QED) is 0.318. The van der Waals surface area contributed by atoms with Crippen LogP contribution in [0.1, 0.15) is 29.1 Å². The molecule has 1 aliphatic heterocycles. The lowest BCUT2D eigenvalue weighted by atomic mass is 9.90. The highest BCUT2D eigenvalue weighted by molar-refractivity contribution is 6.02. The molecule has 0 saturated heterocycles. The maximum Gasteiger partial charge on any atom is 0.228 e. The summed E-state index contributed by atoms with van der Waals surface area (Å²) in [5, 5.41) is 50.8. The zero-order valence-electron chi connectivity index (χ0n) is 12.7. The van der Waals surface area contributed by atoms with Crippen molar-refractivity contribution in [1.29, 1.82) is 0 Å². The third-order valence-corrected chi connectivity index (χ3v) is 3.84. The molecule has 5 N–H and O–H groups in total. The molecular weight excluding hydrogens is 320 g/mol. The van der Waals surface area contributed by atoms with Crippen molar-refractivity contribution in [2.45, 2.75) is 13.2 Å². The molecule has 24 heavy (non-hydrogen) atoms. The van der Waals surface area contributed by atoms with E-state index in [0.29, 0.717) is 0 Å². The number of hydrogen-bond donors (Lipinski definition) is 5. The Bertz CT molecular complexity index is 871. The van der Waals surface area contributed by atoms with Crippen LogP contribution in [0.5, 0.6) is 34.5 Å². The SMILES string of the molecule is COc1cc(O)c(O)c2c1[C@@H](O)Oc1c(O)cc(C(C)=O)c(O)c1-2. The molecule has 0 spiro atoms. The summed E-state index contributed by atoms with van der Waals surface area (Å²) in [6.45, 7) is 1.18. The Hall–Kier alpha value is -3.13. The predicted octanol–water partition coefficient (Wildman–Crippen LogP) is 1.77. The van der Waals surface area contributed by atoms with E-state index < -0.39 is 35.1 Å². The summed E-state index contributed by atoms with van der Waals surface area (Å²) >= 11 is 0. The number of aliphatic hydroxyl groups excluding tert-OH is 1. The minimum Gasteiger partial charge on any atom is -0.506 e. The molecule has 0 radical (unpaired) electrons. The fraction of sp³-hybridized carbons (Fsp3) is 0.188. The standard InChI is InChI=1S/C16H14O8/c1-5(17)6-3-8(19)15-12(13(6)20)11-10(16(22)24-15)9(23-2)4-7(18)14(11)21/h3-4,16,18-22H,1-2H3/t16-/m0/s1. The minimum atomic E-state index is -1.64. The first-order valence-electron chi connectivity index (χ1n) is 6.85. The van der Waals surface area contributed by atoms with Gasteiger partial charge in [0.25, 0.3) is 0 Å². The van der Waals surface area contributed by atoms with Gasteiger partial charge in [0.05, 0.1) is 23.8 Å². The number of hydrogen-bond acceptors (Lipinski definition) is 8. The average Bonchev–Trinajstić information content (AvgIpc) is 2.53. The topological polar surface area (TPSA) is 137 Å². The first-order chi connectivity index (χ1) is 11.3. The Kier molecular flexibility index (Phi) is 3.42. The highest BCUT2D eigenvalue weighted by Gasteiger charge is 2.37. The highest BCUT2D eigenvalue weighted by atomic mass is 16.6. The molecule has 0 unspecified atom stereocenters. The van der Waals surface area contributed by atoms with Crippen LogP contribution in [0.3, 0.4) is 0 Å². The van der Waals surface area contributed by atoms with Gasteiger partial charge >= 0.3 is 0 Å². The van der Waals surface area contributed by atoms with Crippen molar-refractivity contribution < 1.29 is 39.8 Å². The van der Waals surface area contributed by atoms with Gasteiger partial charge in [0.1, 0.15) is 11.5 Å². The van der Waals surface area contributed by atoms with Gasteiger partial charge in [-0.2, -0.15) is 0 Å². The van der Waals surface area contributed by atoms with Crippen molar-refractivity contribution in [3.63, 3.8) is 0 Å². The number of fused-ring (bicyclic) bond motifs is 3. The Morgan fingerprint density at radius 2 is 1.75 bits per heavy atom. The maximum absolute atomic E-state index is 11.7. The molecule has 126 valence electrons. The van der Waals surface area contributed by atoms with E-state index in [9.17, 15) is 30.3 Å². The number of methoxy groups -OCH3 is 1. The lowest BCUT2D eigenvalue weighted by Gasteiger charge is -2.29. The second-order valence-corrected chi connectivity index (χ2v) is 5.26. The van der Waals surface area contributed by atoms with E-state index in [4.69, 9.17) is 9.47 Å². The molecule has 0 fully saturated rings. The zero-order valence-corrected chi connectivity index (χ0v) is 12.7. The number of aromatic hydroxyl groups is 4. The molecule has 1 aliphatic rings. The number of Topliss-reactive ketones (excluding diaryl/α,β-unsaturated/α-hetero) is 1. The number of ether oxygens (including phenoxy) is 2. The molecule has 0 amide bonds. The third kappa shape index (κ3) is 2.00. The van der Waals surface area contributed by atoms with Crippen LogP contribution in [0.25, 0.3) is 11.1 Å². The lowest BCUT2D eigenvalue weighted by Crippen LogP contribution is -2.16. The number of phenolic OH excluding ortho intramolecular Hbond substituents is 4. The molecule has 8 heteroatoms. The average molecular weight is 334 g/mol. The summed E-state index contributed by atoms with van der Waals surface area (Å²) in [5.41, 5.74) is -0.696. The number of benzene rings is 2. The van der Waals surface area contributed by atoms with Crippen molar-refractivity contribution >= 4 is 5.78 Å². The van der Waals surface area contributed by atoms with Crippen LogP contribution in [0.15, 0.2) is 12.1 Å². The van der Waals surface area contributed by atoms with Gasteiger partial charge in [0, 0.05) is 11.6 Å². The number of phenols is 4. The molecule has 3 rings (SSSR count). The molecule has 2 aromatic carbocycles. The van der Waals surface area contributed by atoms with Crippen LogP contribution >= 0.6 is 0 Å². The molecule has 0 bridgehead atoms. The normalized spacial score (nSPS) is 15.2. The molecule has 1 heterocycles. The molecule has 0 saturated carbocycles. The van der Waals surface area contributed by atoms with Crippen LogP contribution in [0.2, 0.25) is 0 Å². The van der Waals surface area contributed by atoms with Gasteiger partial charge in [-0.15, -0.1) is 0 Å². The van der Waals surface area contributed by atoms with E-state index >= 15 is 0 Å². The number of rotatable bonds is 2. The third-order valence-electron chi connectivity index (χ3n) is 3.84. The van der Waals surface area contributed by atoms with E-state index in [1.807, 2.05) is 0 Å².